The number of benzene rings is 3. The van der Waals surface area contributed by atoms with E-state index in [0.717, 1.165) is 32.3 Å². The first-order valence-corrected chi connectivity index (χ1v) is 8.42. The second kappa shape index (κ2) is 8.01. The maximum absolute atomic E-state index is 5.89. The van der Waals surface area contributed by atoms with Gasteiger partial charge in [-0.1, -0.05) is 96.0 Å². The van der Waals surface area contributed by atoms with Crippen molar-refractivity contribution in [3.8, 4) is 0 Å². The topological polar surface area (TPSA) is 0 Å². The zero-order valence-corrected chi connectivity index (χ0v) is 14.5. The summed E-state index contributed by atoms with van der Waals surface area (Å²) in [5.41, 5.74) is 4.58. The molecule has 0 aromatic heterocycles. The molecular formula is C22H16Cl2. The van der Waals surface area contributed by atoms with Crippen molar-refractivity contribution >= 4 is 47.5 Å². The molecule has 0 fully saturated rings. The Bertz CT molecular complexity index is 765. The summed E-state index contributed by atoms with van der Waals surface area (Å²) in [5, 5.41) is 1.51. The number of hydrogen-bond acceptors (Lipinski definition) is 0. The molecule has 0 aliphatic rings. The first kappa shape index (κ1) is 16.6. The molecule has 0 nitrogen and oxygen atoms in total. The van der Waals surface area contributed by atoms with E-state index in [0.29, 0.717) is 0 Å². The average Bonchev–Trinajstić information content (AvgIpc) is 2.62. The lowest BCUT2D eigenvalue weighted by Crippen LogP contribution is -1.76. The summed E-state index contributed by atoms with van der Waals surface area (Å²) in [6.07, 6.45) is 8.34. The standard InChI is InChI=1S/C22H16Cl2/c23-21-13-9-19(10-14-21)7-5-17-1-2-18(4-3-17)6-8-20-11-15-22(24)16-12-20/h1-16H/b7-5+,8-6+. The third-order valence-electron chi connectivity index (χ3n) is 3.61. The fourth-order valence-corrected chi connectivity index (χ4v) is 2.50. The molecule has 0 radical (unpaired) electrons. The fourth-order valence-electron chi connectivity index (χ4n) is 2.25. The molecule has 0 unspecified atom stereocenters. The minimum absolute atomic E-state index is 0.754. The molecule has 0 saturated heterocycles. The Morgan fingerprint density at radius 1 is 0.375 bits per heavy atom. The highest BCUT2D eigenvalue weighted by molar-refractivity contribution is 6.30. The van der Waals surface area contributed by atoms with Crippen molar-refractivity contribution in [1.82, 2.24) is 0 Å². The van der Waals surface area contributed by atoms with Crippen LogP contribution in [0.4, 0.5) is 0 Å². The Hall–Kier alpha value is -2.28. The van der Waals surface area contributed by atoms with Gasteiger partial charge in [0.15, 0.2) is 0 Å². The van der Waals surface area contributed by atoms with Crippen LogP contribution in [0.5, 0.6) is 0 Å². The molecule has 3 aromatic rings. The van der Waals surface area contributed by atoms with Crippen molar-refractivity contribution in [2.24, 2.45) is 0 Å². The quantitative estimate of drug-likeness (QED) is 0.432. The first-order chi connectivity index (χ1) is 11.7. The molecule has 3 rings (SSSR count). The van der Waals surface area contributed by atoms with E-state index in [4.69, 9.17) is 23.2 Å². The van der Waals surface area contributed by atoms with E-state index in [1.165, 1.54) is 0 Å². The van der Waals surface area contributed by atoms with Crippen molar-refractivity contribution in [2.75, 3.05) is 0 Å². The first-order valence-electron chi connectivity index (χ1n) is 7.66. The zero-order chi connectivity index (χ0) is 16.8. The van der Waals surface area contributed by atoms with Gasteiger partial charge in [-0.2, -0.15) is 0 Å². The van der Waals surface area contributed by atoms with Crippen LogP contribution in [0.3, 0.4) is 0 Å². The third kappa shape index (κ3) is 4.86. The van der Waals surface area contributed by atoms with Crippen molar-refractivity contribution in [3.05, 3.63) is 105 Å². The molecule has 0 spiro atoms. The number of rotatable bonds is 4. The molecule has 0 N–H and O–H groups in total. The van der Waals surface area contributed by atoms with E-state index in [9.17, 15) is 0 Å². The Labute approximate surface area is 152 Å². The molecule has 0 bridgehead atoms. The van der Waals surface area contributed by atoms with Gasteiger partial charge >= 0.3 is 0 Å². The normalized spacial score (nSPS) is 11.4. The van der Waals surface area contributed by atoms with Crippen LogP contribution in [0, 0.1) is 0 Å². The number of halogens is 2. The third-order valence-corrected chi connectivity index (χ3v) is 4.12. The van der Waals surface area contributed by atoms with Gasteiger partial charge in [-0.3, -0.25) is 0 Å². The van der Waals surface area contributed by atoms with Gasteiger partial charge in [0.2, 0.25) is 0 Å². The Kier molecular flexibility index (Phi) is 5.53. The lowest BCUT2D eigenvalue weighted by Gasteiger charge is -1.98. The summed E-state index contributed by atoms with van der Waals surface area (Å²) in [6.45, 7) is 0. The van der Waals surface area contributed by atoms with Crippen LogP contribution in [-0.4, -0.2) is 0 Å². The van der Waals surface area contributed by atoms with Crippen molar-refractivity contribution in [3.63, 3.8) is 0 Å². The Balaban J connectivity index is 1.66. The molecule has 0 heterocycles. The SMILES string of the molecule is Clc1ccc(/C=C/c2ccc(/C=C/c3ccc(Cl)cc3)cc2)cc1. The second-order valence-electron chi connectivity index (χ2n) is 5.44. The Morgan fingerprint density at radius 2 is 0.583 bits per heavy atom. The smallest absolute Gasteiger partial charge is 0.0406 e. The summed E-state index contributed by atoms with van der Waals surface area (Å²) >= 11 is 11.8. The molecule has 24 heavy (non-hydrogen) atoms. The van der Waals surface area contributed by atoms with Gasteiger partial charge in [0.25, 0.3) is 0 Å². The maximum atomic E-state index is 5.89. The highest BCUT2D eigenvalue weighted by Crippen LogP contribution is 2.15. The van der Waals surface area contributed by atoms with Crippen LogP contribution >= 0.6 is 23.2 Å². The van der Waals surface area contributed by atoms with Crippen molar-refractivity contribution in [2.45, 2.75) is 0 Å². The van der Waals surface area contributed by atoms with Gasteiger partial charge in [0, 0.05) is 10.0 Å². The predicted octanol–water partition coefficient (Wildman–Crippen LogP) is 7.33. The summed E-state index contributed by atoms with van der Waals surface area (Å²) < 4.78 is 0. The van der Waals surface area contributed by atoms with Crippen LogP contribution in [-0.2, 0) is 0 Å². The Morgan fingerprint density at radius 3 is 0.833 bits per heavy atom. The largest absolute Gasteiger partial charge is 0.0843 e. The second-order valence-corrected chi connectivity index (χ2v) is 6.31. The molecule has 0 atom stereocenters. The molecule has 0 aliphatic carbocycles. The predicted molar refractivity (Wildman–Crippen MR) is 107 cm³/mol. The van der Waals surface area contributed by atoms with Gasteiger partial charge in [0.05, 0.1) is 0 Å². The molecule has 3 aromatic carbocycles. The van der Waals surface area contributed by atoms with E-state index in [1.807, 2.05) is 48.5 Å². The lowest BCUT2D eigenvalue weighted by molar-refractivity contribution is 1.61. The van der Waals surface area contributed by atoms with Crippen LogP contribution in [0.2, 0.25) is 10.0 Å². The monoisotopic (exact) mass is 350 g/mol. The van der Waals surface area contributed by atoms with Crippen LogP contribution < -0.4 is 0 Å². The summed E-state index contributed by atoms with van der Waals surface area (Å²) in [4.78, 5) is 0. The van der Waals surface area contributed by atoms with Gasteiger partial charge in [-0.25, -0.2) is 0 Å². The fraction of sp³-hybridized carbons (Fsp3) is 0. The lowest BCUT2D eigenvalue weighted by atomic mass is 10.1. The van der Waals surface area contributed by atoms with Crippen molar-refractivity contribution in [1.29, 1.82) is 0 Å². The summed E-state index contributed by atoms with van der Waals surface area (Å²) in [5.74, 6) is 0. The van der Waals surface area contributed by atoms with Gasteiger partial charge in [0.1, 0.15) is 0 Å². The molecule has 0 aliphatic heterocycles. The van der Waals surface area contributed by atoms with E-state index < -0.39 is 0 Å². The summed E-state index contributed by atoms with van der Waals surface area (Å²) in [6, 6.07) is 24.0. The van der Waals surface area contributed by atoms with E-state index >= 15 is 0 Å². The van der Waals surface area contributed by atoms with Gasteiger partial charge in [-0.15, -0.1) is 0 Å². The van der Waals surface area contributed by atoms with E-state index in [-0.39, 0.29) is 0 Å². The van der Waals surface area contributed by atoms with Crippen molar-refractivity contribution < 1.29 is 0 Å². The average molecular weight is 351 g/mol. The summed E-state index contributed by atoms with van der Waals surface area (Å²) in [7, 11) is 0. The molecule has 2 heteroatoms. The minimum Gasteiger partial charge on any atom is -0.0843 e. The number of hydrogen-bond donors (Lipinski definition) is 0. The zero-order valence-electron chi connectivity index (χ0n) is 13.0. The molecule has 0 amide bonds. The van der Waals surface area contributed by atoms with Gasteiger partial charge < -0.3 is 0 Å². The molecule has 0 saturated carbocycles. The highest BCUT2D eigenvalue weighted by Gasteiger charge is 1.92. The van der Waals surface area contributed by atoms with Gasteiger partial charge in [-0.05, 0) is 46.5 Å². The maximum Gasteiger partial charge on any atom is 0.0406 e. The van der Waals surface area contributed by atoms with E-state index in [1.54, 1.807) is 0 Å². The van der Waals surface area contributed by atoms with Crippen LogP contribution in [0.1, 0.15) is 22.3 Å². The minimum atomic E-state index is 0.754. The molecule has 118 valence electrons. The molecular weight excluding hydrogens is 335 g/mol. The highest BCUT2D eigenvalue weighted by atomic mass is 35.5. The van der Waals surface area contributed by atoms with Crippen LogP contribution in [0.15, 0.2) is 72.8 Å². The van der Waals surface area contributed by atoms with E-state index in [2.05, 4.69) is 48.6 Å². The van der Waals surface area contributed by atoms with Crippen LogP contribution in [0.25, 0.3) is 24.3 Å².